The normalized spacial score (nSPS) is 13.8. The van der Waals surface area contributed by atoms with Crippen molar-refractivity contribution < 1.29 is 26.8 Å². The first-order valence-electron chi connectivity index (χ1n) is 14.3. The molecule has 3 aromatic carbocycles. The van der Waals surface area contributed by atoms with Crippen molar-refractivity contribution in [2.75, 3.05) is 0 Å². The Bertz CT molecular complexity index is 1610. The molecule has 43 heavy (non-hydrogen) atoms. The summed E-state index contributed by atoms with van der Waals surface area (Å²) in [4.78, 5) is 29.2. The molecular weight excluding hydrogens is 569 g/mol. The van der Waals surface area contributed by atoms with Gasteiger partial charge in [0.25, 0.3) is 0 Å². The summed E-state index contributed by atoms with van der Waals surface area (Å²) in [6.45, 7) is 0.273. The van der Waals surface area contributed by atoms with Crippen LogP contribution in [0.15, 0.2) is 107 Å². The van der Waals surface area contributed by atoms with Crippen molar-refractivity contribution in [2.45, 2.75) is 62.2 Å². The van der Waals surface area contributed by atoms with Crippen LogP contribution in [0.25, 0.3) is 0 Å². The summed E-state index contributed by atoms with van der Waals surface area (Å²) >= 11 is 0. The van der Waals surface area contributed by atoms with Gasteiger partial charge in [0.05, 0.1) is 17.7 Å². The highest BCUT2D eigenvalue weighted by atomic mass is 32.2. The Hall–Kier alpha value is -4.28. The second-order valence-corrected chi connectivity index (χ2v) is 12.4. The molecule has 10 heteroatoms. The largest absolute Gasteiger partial charge is 0.467 e. The van der Waals surface area contributed by atoms with E-state index in [0.29, 0.717) is 17.7 Å². The molecule has 1 fully saturated rings. The molecule has 2 amide bonds. The molecule has 0 aliphatic heterocycles. The molecule has 0 radical (unpaired) electrons. The van der Waals surface area contributed by atoms with Crippen molar-refractivity contribution in [2.24, 2.45) is 0 Å². The molecule has 4 aromatic rings. The Balaban J connectivity index is 1.35. The highest BCUT2D eigenvalue weighted by Gasteiger charge is 2.31. The van der Waals surface area contributed by atoms with E-state index in [1.165, 1.54) is 23.3 Å². The van der Waals surface area contributed by atoms with Crippen molar-refractivity contribution in [3.8, 4) is 0 Å². The Morgan fingerprint density at radius 3 is 2.23 bits per heavy atom. The number of sulfonamides is 1. The van der Waals surface area contributed by atoms with Crippen LogP contribution >= 0.6 is 0 Å². The number of halogens is 1. The zero-order chi connectivity index (χ0) is 30.2. The molecule has 1 atom stereocenters. The third-order valence-electron chi connectivity index (χ3n) is 7.31. The number of aryl methyl sites for hydroxylation is 1. The van der Waals surface area contributed by atoms with E-state index in [-0.39, 0.29) is 48.7 Å². The van der Waals surface area contributed by atoms with Crippen LogP contribution in [0.2, 0.25) is 0 Å². The van der Waals surface area contributed by atoms with Gasteiger partial charge in [-0.25, -0.2) is 17.5 Å². The topological polar surface area (TPSA) is 109 Å². The molecule has 224 valence electrons. The number of nitrogens with one attached hydrogen (secondary N) is 2. The number of hydrogen-bond donors (Lipinski definition) is 2. The number of nitrogens with zero attached hydrogens (tertiary/aromatic N) is 1. The monoisotopic (exact) mass is 603 g/mol. The predicted octanol–water partition coefficient (Wildman–Crippen LogP) is 4.75. The number of carbonyl (C=O) groups excluding carboxylic acids is 2. The van der Waals surface area contributed by atoms with Gasteiger partial charge < -0.3 is 14.6 Å². The lowest BCUT2D eigenvalue weighted by atomic mass is 10.0. The first kappa shape index (κ1) is 30.2. The van der Waals surface area contributed by atoms with Gasteiger partial charge >= 0.3 is 0 Å². The maximum Gasteiger partial charge on any atom is 0.243 e. The number of furan rings is 1. The Kier molecular flexibility index (Phi) is 9.68. The molecule has 1 heterocycles. The third kappa shape index (κ3) is 8.62. The van der Waals surface area contributed by atoms with Crippen molar-refractivity contribution in [3.05, 3.63) is 126 Å². The number of benzene rings is 3. The number of amides is 2. The van der Waals surface area contributed by atoms with Gasteiger partial charge in [0.15, 0.2) is 0 Å². The minimum absolute atomic E-state index is 0.00880. The minimum atomic E-state index is -3.57. The fourth-order valence-corrected chi connectivity index (χ4v) is 6.07. The summed E-state index contributed by atoms with van der Waals surface area (Å²) in [6.07, 6.45) is 3.93. The maximum absolute atomic E-state index is 13.9. The molecule has 5 rings (SSSR count). The first-order valence-corrected chi connectivity index (χ1v) is 15.7. The van der Waals surface area contributed by atoms with Crippen molar-refractivity contribution in [1.29, 1.82) is 0 Å². The van der Waals surface area contributed by atoms with Gasteiger partial charge in [-0.15, -0.1) is 0 Å². The molecule has 1 aliphatic carbocycles. The second-order valence-electron chi connectivity index (χ2n) is 10.7. The first-order chi connectivity index (χ1) is 20.8. The zero-order valence-corrected chi connectivity index (χ0v) is 24.4. The van der Waals surface area contributed by atoms with Gasteiger partial charge in [0.1, 0.15) is 17.6 Å². The molecule has 1 aliphatic rings. The quantitative estimate of drug-likeness (QED) is 0.216. The van der Waals surface area contributed by atoms with Crippen LogP contribution in [0.5, 0.6) is 0 Å². The molecule has 2 N–H and O–H groups in total. The Labute approximate surface area is 251 Å². The Morgan fingerprint density at radius 1 is 0.884 bits per heavy atom. The summed E-state index contributed by atoms with van der Waals surface area (Å²) in [7, 11) is -3.57. The van der Waals surface area contributed by atoms with E-state index in [0.717, 1.165) is 24.0 Å². The lowest BCUT2D eigenvalue weighted by Crippen LogP contribution is -2.50. The summed E-state index contributed by atoms with van der Waals surface area (Å²) < 4.78 is 46.7. The molecule has 0 saturated heterocycles. The lowest BCUT2D eigenvalue weighted by molar-refractivity contribution is -0.141. The van der Waals surface area contributed by atoms with E-state index >= 15 is 0 Å². The maximum atomic E-state index is 13.9. The molecule has 1 unspecified atom stereocenters. The van der Waals surface area contributed by atoms with Gasteiger partial charge in [-0.1, -0.05) is 54.6 Å². The van der Waals surface area contributed by atoms with Crippen LogP contribution in [0, 0.1) is 5.82 Å². The van der Waals surface area contributed by atoms with Gasteiger partial charge in [-0.05, 0) is 72.4 Å². The van der Waals surface area contributed by atoms with Crippen LogP contribution in [0.1, 0.15) is 41.7 Å². The smallest absolute Gasteiger partial charge is 0.243 e. The fraction of sp³-hybridized carbons (Fsp3) is 0.273. The predicted molar refractivity (Wildman–Crippen MR) is 160 cm³/mol. The van der Waals surface area contributed by atoms with Crippen LogP contribution in [-0.4, -0.2) is 37.2 Å². The molecule has 1 aromatic heterocycles. The fourth-order valence-electron chi connectivity index (χ4n) is 4.76. The number of carbonyl (C=O) groups is 2. The number of hydrogen-bond acceptors (Lipinski definition) is 5. The average molecular weight is 604 g/mol. The van der Waals surface area contributed by atoms with Crippen molar-refractivity contribution in [3.63, 3.8) is 0 Å². The van der Waals surface area contributed by atoms with Crippen LogP contribution in [0.3, 0.4) is 0 Å². The molecule has 1 saturated carbocycles. The van der Waals surface area contributed by atoms with Crippen molar-refractivity contribution in [1.82, 2.24) is 14.9 Å². The summed E-state index contributed by atoms with van der Waals surface area (Å²) in [5, 5.41) is 2.90. The SMILES string of the molecule is O=C(NCc1ccco1)C(Cc1ccccc1)N(Cc1ccc(F)cc1)C(=O)CCc1ccc(S(=O)(=O)NC2CC2)cc1. The van der Waals surface area contributed by atoms with E-state index in [4.69, 9.17) is 4.42 Å². The second kappa shape index (κ2) is 13.8. The Morgan fingerprint density at radius 2 is 1.58 bits per heavy atom. The molecule has 0 spiro atoms. The summed E-state index contributed by atoms with van der Waals surface area (Å²) in [5.41, 5.74) is 2.36. The molecule has 8 nitrogen and oxygen atoms in total. The van der Waals surface area contributed by atoms with E-state index < -0.39 is 21.9 Å². The van der Waals surface area contributed by atoms with E-state index in [2.05, 4.69) is 10.0 Å². The average Bonchev–Trinajstić information content (AvgIpc) is 3.66. The van der Waals surface area contributed by atoms with Gasteiger partial charge in [0.2, 0.25) is 21.8 Å². The summed E-state index contributed by atoms with van der Waals surface area (Å²) in [5.74, 6) is -0.406. The summed E-state index contributed by atoms with van der Waals surface area (Å²) in [6, 6.07) is 24.5. The lowest BCUT2D eigenvalue weighted by Gasteiger charge is -2.31. The minimum Gasteiger partial charge on any atom is -0.467 e. The van der Waals surface area contributed by atoms with Gasteiger partial charge in [0, 0.05) is 25.4 Å². The van der Waals surface area contributed by atoms with E-state index in [9.17, 15) is 22.4 Å². The van der Waals surface area contributed by atoms with Crippen LogP contribution in [0.4, 0.5) is 4.39 Å². The van der Waals surface area contributed by atoms with E-state index in [1.807, 2.05) is 30.3 Å². The van der Waals surface area contributed by atoms with E-state index in [1.54, 1.807) is 48.5 Å². The highest BCUT2D eigenvalue weighted by Crippen LogP contribution is 2.23. The highest BCUT2D eigenvalue weighted by molar-refractivity contribution is 7.89. The third-order valence-corrected chi connectivity index (χ3v) is 8.85. The van der Waals surface area contributed by atoms with Gasteiger partial charge in [-0.2, -0.15) is 0 Å². The van der Waals surface area contributed by atoms with Crippen LogP contribution < -0.4 is 10.0 Å². The molecule has 0 bridgehead atoms. The van der Waals surface area contributed by atoms with Crippen LogP contribution in [-0.2, 0) is 45.5 Å². The standard InChI is InChI=1S/C33H34FN3O5S/c34-27-13-8-26(9-14-27)23-37(31(21-25-5-2-1-3-6-25)33(39)35-22-29-7-4-20-42-29)32(38)19-12-24-10-17-30(18-11-24)43(40,41)36-28-15-16-28/h1-11,13-14,17-18,20,28,31,36H,12,15-16,19,21-23H2,(H,35,39). The van der Waals surface area contributed by atoms with Crippen molar-refractivity contribution >= 4 is 21.8 Å². The number of rotatable bonds is 14. The molecular formula is C33H34FN3O5S. The zero-order valence-electron chi connectivity index (χ0n) is 23.6. The van der Waals surface area contributed by atoms with Gasteiger partial charge in [-0.3, -0.25) is 9.59 Å².